The summed E-state index contributed by atoms with van der Waals surface area (Å²) >= 11 is 0. The molecule has 3 atom stereocenters. The van der Waals surface area contributed by atoms with Crippen LogP contribution in [0.4, 0.5) is 13.6 Å². The van der Waals surface area contributed by atoms with Gasteiger partial charge in [-0.1, -0.05) is 31.0 Å². The lowest BCUT2D eigenvalue weighted by Gasteiger charge is -2.42. The van der Waals surface area contributed by atoms with Crippen LogP contribution in [-0.2, 0) is 25.6 Å². The number of rotatable bonds is 10. The van der Waals surface area contributed by atoms with Crippen molar-refractivity contribution in [2.45, 2.75) is 76.6 Å². The first kappa shape index (κ1) is 32.7. The van der Waals surface area contributed by atoms with E-state index in [9.17, 15) is 28.0 Å². The number of amides is 2. The normalized spacial score (nSPS) is 21.5. The maximum Gasteiger partial charge on any atom is 0.511 e. The average molecular weight is 647 g/mol. The molecule has 2 bridgehead atoms. The van der Waals surface area contributed by atoms with Crippen molar-refractivity contribution in [2.24, 2.45) is 5.16 Å². The van der Waals surface area contributed by atoms with E-state index in [0.717, 1.165) is 18.9 Å². The van der Waals surface area contributed by atoms with Gasteiger partial charge in [-0.2, -0.15) is 0 Å². The summed E-state index contributed by atoms with van der Waals surface area (Å²) in [6, 6.07) is 2.00. The van der Waals surface area contributed by atoms with E-state index in [1.807, 2.05) is 13.8 Å². The number of carbonyl (C=O) groups is 3. The van der Waals surface area contributed by atoms with Crippen LogP contribution >= 0.6 is 0 Å². The molecule has 13 nitrogen and oxygen atoms in total. The number of nitrogens with one attached hydrogen (secondary N) is 1. The van der Waals surface area contributed by atoms with E-state index in [1.165, 1.54) is 23.9 Å². The van der Waals surface area contributed by atoms with Gasteiger partial charge in [-0.05, 0) is 32.3 Å². The highest BCUT2D eigenvalue weighted by Crippen LogP contribution is 2.46. The highest BCUT2D eigenvalue weighted by atomic mass is 19.1. The van der Waals surface area contributed by atoms with Gasteiger partial charge in [-0.3, -0.25) is 14.4 Å². The van der Waals surface area contributed by atoms with Crippen LogP contribution in [0, 0.1) is 11.6 Å². The number of nitrogens with zero attached hydrogens (tertiary/aromatic N) is 3. The van der Waals surface area contributed by atoms with Crippen LogP contribution in [0.2, 0.25) is 0 Å². The number of methoxy groups -OCH3 is 1. The highest BCUT2D eigenvalue weighted by Gasteiger charge is 2.55. The molecule has 5 rings (SSSR count). The van der Waals surface area contributed by atoms with Gasteiger partial charge in [0.15, 0.2) is 11.3 Å². The van der Waals surface area contributed by atoms with E-state index in [0.29, 0.717) is 31.2 Å². The van der Waals surface area contributed by atoms with Crippen LogP contribution in [0.3, 0.4) is 0 Å². The standard InChI is InChI=1S/C31H36F2N4O9/c1-4-5-6-11-43-30(41)45-17-44-27-25-29(40)36-16-23(31(10-9-18(36)2)13-24(42-3)35-46-31)37(25)15-21(26(27)38)28(39)34-14-19-7-8-20(32)12-22(19)33/h7-8,12,15,18,23H,4-6,9-11,13-14,16-17H2,1-3H3,(H,34,39)/t18-,23+,31-/m0/s1. The Bertz CT molecular complexity index is 1600. The maximum absolute atomic E-state index is 14.3. The third kappa shape index (κ3) is 6.49. The molecule has 248 valence electrons. The summed E-state index contributed by atoms with van der Waals surface area (Å²) in [5, 5.41) is 6.57. The smallest absolute Gasteiger partial charge is 0.482 e. The molecule has 2 aromatic rings. The number of oxime groups is 1. The van der Waals surface area contributed by atoms with Gasteiger partial charge in [0.25, 0.3) is 11.8 Å². The van der Waals surface area contributed by atoms with Gasteiger partial charge in [0.05, 0.1) is 26.2 Å². The number of halogens is 2. The summed E-state index contributed by atoms with van der Waals surface area (Å²) in [4.78, 5) is 60.9. The fourth-order valence-electron chi connectivity index (χ4n) is 5.93. The minimum Gasteiger partial charge on any atom is -0.482 e. The summed E-state index contributed by atoms with van der Waals surface area (Å²) in [5.41, 5.74) is -2.55. The number of hydrogen-bond donors (Lipinski definition) is 1. The van der Waals surface area contributed by atoms with Crippen molar-refractivity contribution in [3.05, 3.63) is 63.1 Å². The SMILES string of the molecule is CCCCCOC(=O)OCOc1c2n(cc(C(=O)NCc3ccc(F)cc3F)c1=O)[C@@H]1CN(C2=O)[C@@H](C)CC[C@]12CC(OC)=NO2. The first-order chi connectivity index (χ1) is 22.1. The van der Waals surface area contributed by atoms with Crippen LogP contribution in [0.1, 0.15) is 84.8 Å². The molecule has 3 aliphatic rings. The Morgan fingerprint density at radius 1 is 1.20 bits per heavy atom. The maximum atomic E-state index is 14.3. The third-order valence-corrected chi connectivity index (χ3v) is 8.55. The molecule has 3 aliphatic heterocycles. The summed E-state index contributed by atoms with van der Waals surface area (Å²) in [5.74, 6) is -3.26. The topological polar surface area (TPSA) is 147 Å². The fourth-order valence-corrected chi connectivity index (χ4v) is 5.93. The van der Waals surface area contributed by atoms with Crippen molar-refractivity contribution in [3.63, 3.8) is 0 Å². The lowest BCUT2D eigenvalue weighted by Crippen LogP contribution is -2.52. The summed E-state index contributed by atoms with van der Waals surface area (Å²) in [6.45, 7) is 3.04. The summed E-state index contributed by atoms with van der Waals surface area (Å²) in [7, 11) is 1.47. The van der Waals surface area contributed by atoms with Gasteiger partial charge in [0, 0.05) is 37.0 Å². The Morgan fingerprint density at radius 2 is 2.00 bits per heavy atom. The van der Waals surface area contributed by atoms with Gasteiger partial charge in [0.2, 0.25) is 23.9 Å². The molecule has 0 aliphatic carbocycles. The van der Waals surface area contributed by atoms with Crippen molar-refractivity contribution in [1.82, 2.24) is 14.8 Å². The number of pyridine rings is 1. The van der Waals surface area contributed by atoms with E-state index in [2.05, 4.69) is 10.5 Å². The van der Waals surface area contributed by atoms with Crippen molar-refractivity contribution >= 4 is 23.9 Å². The zero-order valence-corrected chi connectivity index (χ0v) is 25.8. The predicted octanol–water partition coefficient (Wildman–Crippen LogP) is 4.03. The lowest BCUT2D eigenvalue weighted by atomic mass is 9.85. The Kier molecular flexibility index (Phi) is 9.77. The second kappa shape index (κ2) is 13.7. The molecule has 0 unspecified atom stereocenters. The molecule has 0 radical (unpaired) electrons. The van der Waals surface area contributed by atoms with E-state index in [4.69, 9.17) is 23.8 Å². The van der Waals surface area contributed by atoms with Crippen molar-refractivity contribution < 1.29 is 46.9 Å². The van der Waals surface area contributed by atoms with E-state index >= 15 is 0 Å². The minimum atomic E-state index is -1.03. The van der Waals surface area contributed by atoms with Gasteiger partial charge in [0.1, 0.15) is 17.2 Å². The van der Waals surface area contributed by atoms with Crippen LogP contribution in [0.15, 0.2) is 34.3 Å². The second-order valence-electron chi connectivity index (χ2n) is 11.5. The summed E-state index contributed by atoms with van der Waals surface area (Å²) < 4.78 is 50.1. The number of carbonyl (C=O) groups excluding carboxylic acids is 3. The Hall–Kier alpha value is -4.69. The van der Waals surface area contributed by atoms with E-state index in [1.54, 1.807) is 4.90 Å². The first-order valence-corrected chi connectivity index (χ1v) is 15.1. The van der Waals surface area contributed by atoms with Gasteiger partial charge < -0.3 is 38.6 Å². The predicted molar refractivity (Wildman–Crippen MR) is 157 cm³/mol. The van der Waals surface area contributed by atoms with Crippen LogP contribution in [0.25, 0.3) is 0 Å². The summed E-state index contributed by atoms with van der Waals surface area (Å²) in [6.07, 6.45) is 3.93. The van der Waals surface area contributed by atoms with Crippen molar-refractivity contribution in [3.8, 4) is 5.75 Å². The molecular formula is C31H36F2N4O9. The highest BCUT2D eigenvalue weighted by molar-refractivity contribution is 5.99. The molecule has 1 saturated heterocycles. The van der Waals surface area contributed by atoms with Gasteiger partial charge >= 0.3 is 6.16 Å². The molecule has 0 saturated carbocycles. The van der Waals surface area contributed by atoms with E-state index < -0.39 is 64.8 Å². The number of unbranched alkanes of at least 4 members (excludes halogenated alkanes) is 2. The number of fused-ring (bicyclic) bond motifs is 5. The zero-order valence-electron chi connectivity index (χ0n) is 25.8. The molecule has 1 fully saturated rings. The molecule has 4 heterocycles. The van der Waals surface area contributed by atoms with Crippen LogP contribution < -0.4 is 15.5 Å². The fraction of sp³-hybridized carbons (Fsp3) is 0.516. The molecule has 1 aromatic heterocycles. The second-order valence-corrected chi connectivity index (χ2v) is 11.5. The van der Waals surface area contributed by atoms with Crippen LogP contribution in [-0.4, -0.2) is 72.0 Å². The quantitative estimate of drug-likeness (QED) is 0.230. The van der Waals surface area contributed by atoms with Crippen LogP contribution in [0.5, 0.6) is 5.75 Å². The molecule has 1 aromatic carbocycles. The monoisotopic (exact) mass is 646 g/mol. The van der Waals surface area contributed by atoms with Gasteiger partial charge in [-0.25, -0.2) is 13.6 Å². The molecular weight excluding hydrogens is 610 g/mol. The van der Waals surface area contributed by atoms with Crippen molar-refractivity contribution in [2.75, 3.05) is 27.1 Å². The van der Waals surface area contributed by atoms with Crippen molar-refractivity contribution in [1.29, 1.82) is 0 Å². The number of hydrogen-bond acceptors (Lipinski definition) is 10. The zero-order chi connectivity index (χ0) is 33.0. The van der Waals surface area contributed by atoms with E-state index in [-0.39, 0.29) is 43.4 Å². The third-order valence-electron chi connectivity index (χ3n) is 8.55. The molecule has 2 amide bonds. The Labute approximate surface area is 263 Å². The largest absolute Gasteiger partial charge is 0.511 e. The molecule has 46 heavy (non-hydrogen) atoms. The lowest BCUT2D eigenvalue weighted by molar-refractivity contribution is -0.0658. The molecule has 1 N–H and O–H groups in total. The number of benzene rings is 1. The number of aromatic nitrogens is 1. The number of ether oxygens (including phenoxy) is 4. The van der Waals surface area contributed by atoms with Gasteiger partial charge in [-0.15, -0.1) is 0 Å². The average Bonchev–Trinajstić information content (AvgIpc) is 3.41. The molecule has 1 spiro atoms. The molecule has 15 heteroatoms. The Morgan fingerprint density at radius 3 is 2.72 bits per heavy atom. The Balaban J connectivity index is 1.51. The first-order valence-electron chi connectivity index (χ1n) is 15.1. The minimum absolute atomic E-state index is 0.0127.